The summed E-state index contributed by atoms with van der Waals surface area (Å²) in [6.07, 6.45) is 1.37. The van der Waals surface area contributed by atoms with E-state index >= 15 is 0 Å². The molecule has 1 heterocycles. The lowest BCUT2D eigenvalue weighted by molar-refractivity contribution is -0.141. The predicted octanol–water partition coefficient (Wildman–Crippen LogP) is 4.33. The zero-order chi connectivity index (χ0) is 26.0. The van der Waals surface area contributed by atoms with E-state index in [1.165, 1.54) is 37.3 Å². The van der Waals surface area contributed by atoms with Crippen molar-refractivity contribution in [1.82, 2.24) is 9.62 Å². The molecular formula is C26H32F2N2O4S. The minimum atomic E-state index is -3.84. The summed E-state index contributed by atoms with van der Waals surface area (Å²) in [6.45, 7) is 7.32. The molecule has 6 nitrogen and oxygen atoms in total. The number of piperidine rings is 1. The zero-order valence-corrected chi connectivity index (χ0v) is 21.3. The predicted molar refractivity (Wildman–Crippen MR) is 131 cm³/mol. The van der Waals surface area contributed by atoms with Gasteiger partial charge in [0.25, 0.3) is 0 Å². The van der Waals surface area contributed by atoms with Crippen LogP contribution in [0.3, 0.4) is 0 Å². The lowest BCUT2D eigenvalue weighted by atomic mass is 9.92. The number of Topliss-reactive ketones (excluding diaryl/α,β-unsaturated/α-hetero) is 1. The van der Waals surface area contributed by atoms with Crippen LogP contribution >= 0.6 is 0 Å². The fourth-order valence-corrected chi connectivity index (χ4v) is 5.67. The van der Waals surface area contributed by atoms with E-state index < -0.39 is 39.4 Å². The summed E-state index contributed by atoms with van der Waals surface area (Å²) in [5, 5.41) is 0. The quantitative estimate of drug-likeness (QED) is 0.567. The normalized spacial score (nSPS) is 16.9. The number of nitrogens with one attached hydrogen (secondary N) is 1. The van der Waals surface area contributed by atoms with E-state index in [1.807, 2.05) is 20.8 Å². The van der Waals surface area contributed by atoms with Gasteiger partial charge in [0.05, 0.1) is 17.9 Å². The van der Waals surface area contributed by atoms with E-state index in [9.17, 15) is 26.8 Å². The van der Waals surface area contributed by atoms with Gasteiger partial charge in [-0.15, -0.1) is 0 Å². The second-order valence-corrected chi connectivity index (χ2v) is 12.1. The van der Waals surface area contributed by atoms with E-state index in [-0.39, 0.29) is 28.7 Å². The van der Waals surface area contributed by atoms with Crippen LogP contribution in [0.25, 0.3) is 11.1 Å². The van der Waals surface area contributed by atoms with Crippen LogP contribution in [0.5, 0.6) is 0 Å². The van der Waals surface area contributed by atoms with Crippen molar-refractivity contribution in [2.45, 2.75) is 40.5 Å². The van der Waals surface area contributed by atoms with Crippen molar-refractivity contribution >= 4 is 21.7 Å². The molecule has 1 saturated heterocycles. The Balaban J connectivity index is 1.68. The Bertz CT molecular complexity index is 1220. The van der Waals surface area contributed by atoms with Gasteiger partial charge in [0.2, 0.25) is 15.9 Å². The molecule has 3 rings (SSSR count). The number of amides is 1. The van der Waals surface area contributed by atoms with E-state index in [0.29, 0.717) is 37.1 Å². The standard InChI is InChI=1S/C26H32F2N2O4S/c1-17-11-20(19-8-5-9-21(27)12-19)13-22(24(17)28)23(31)14-29-35(33,34)16-18-7-6-10-30(15-18)25(32)26(2,3)4/h5,8-9,11-13,18,29H,6-7,10,14-16H2,1-4H3. The molecule has 1 atom stereocenters. The number of rotatable bonds is 7. The smallest absolute Gasteiger partial charge is 0.227 e. The fraction of sp³-hybridized carbons (Fsp3) is 0.462. The van der Waals surface area contributed by atoms with Gasteiger partial charge in [-0.2, -0.15) is 0 Å². The van der Waals surface area contributed by atoms with Gasteiger partial charge in [0.1, 0.15) is 11.6 Å². The number of carbonyl (C=O) groups is 2. The van der Waals surface area contributed by atoms with Crippen LogP contribution in [0.4, 0.5) is 8.78 Å². The number of halogens is 2. The number of sulfonamides is 1. The summed E-state index contributed by atoms with van der Waals surface area (Å²) >= 11 is 0. The first-order valence-electron chi connectivity index (χ1n) is 11.6. The number of hydrogen-bond acceptors (Lipinski definition) is 4. The molecule has 2 aromatic rings. The molecule has 0 radical (unpaired) electrons. The van der Waals surface area contributed by atoms with Crippen molar-refractivity contribution in [3.8, 4) is 11.1 Å². The first-order valence-corrected chi connectivity index (χ1v) is 13.3. The highest BCUT2D eigenvalue weighted by molar-refractivity contribution is 7.89. The monoisotopic (exact) mass is 506 g/mol. The summed E-state index contributed by atoms with van der Waals surface area (Å²) in [5.74, 6) is -2.42. The molecule has 0 spiro atoms. The highest BCUT2D eigenvalue weighted by Crippen LogP contribution is 2.26. The molecule has 1 aliphatic rings. The Hall–Kier alpha value is -2.65. The van der Waals surface area contributed by atoms with Gasteiger partial charge in [-0.05, 0) is 66.6 Å². The number of ketones is 1. The van der Waals surface area contributed by atoms with Gasteiger partial charge >= 0.3 is 0 Å². The molecule has 1 fully saturated rings. The highest BCUT2D eigenvalue weighted by Gasteiger charge is 2.32. The number of nitrogens with zero attached hydrogens (tertiary/aromatic N) is 1. The van der Waals surface area contributed by atoms with Crippen molar-refractivity contribution < 1.29 is 26.8 Å². The van der Waals surface area contributed by atoms with Crippen LogP contribution in [0.1, 0.15) is 49.5 Å². The second kappa shape index (κ2) is 10.5. The summed E-state index contributed by atoms with van der Waals surface area (Å²) in [5.41, 5.74) is 0.332. The van der Waals surface area contributed by atoms with Crippen LogP contribution in [-0.2, 0) is 14.8 Å². The average molecular weight is 507 g/mol. The molecule has 0 aliphatic carbocycles. The van der Waals surface area contributed by atoms with Crippen LogP contribution in [0.15, 0.2) is 36.4 Å². The first kappa shape index (κ1) is 26.9. The molecule has 2 aromatic carbocycles. The van der Waals surface area contributed by atoms with Crippen LogP contribution < -0.4 is 4.72 Å². The molecular weight excluding hydrogens is 474 g/mol. The molecule has 0 bridgehead atoms. The fourth-order valence-electron chi connectivity index (χ4n) is 4.31. The average Bonchev–Trinajstić information content (AvgIpc) is 2.78. The van der Waals surface area contributed by atoms with E-state index in [1.54, 1.807) is 11.0 Å². The molecule has 0 saturated carbocycles. The minimum Gasteiger partial charge on any atom is -0.342 e. The Morgan fingerprint density at radius 3 is 2.49 bits per heavy atom. The summed E-state index contributed by atoms with van der Waals surface area (Å²) in [4.78, 5) is 27.0. The molecule has 35 heavy (non-hydrogen) atoms. The molecule has 190 valence electrons. The van der Waals surface area contributed by atoms with Crippen molar-refractivity contribution in [3.63, 3.8) is 0 Å². The van der Waals surface area contributed by atoms with Gasteiger partial charge in [0.15, 0.2) is 5.78 Å². The minimum absolute atomic E-state index is 0.0215. The molecule has 1 amide bonds. The summed E-state index contributed by atoms with van der Waals surface area (Å²) in [6, 6.07) is 8.54. The number of benzene rings is 2. The SMILES string of the molecule is Cc1cc(-c2cccc(F)c2)cc(C(=O)CNS(=O)(=O)CC2CCCN(C(=O)C(C)(C)C)C2)c1F. The second-order valence-electron chi connectivity index (χ2n) is 10.2. The van der Waals surface area contributed by atoms with Crippen molar-refractivity contribution in [2.24, 2.45) is 11.3 Å². The van der Waals surface area contributed by atoms with Crippen LogP contribution in [0, 0.1) is 29.9 Å². The third-order valence-electron chi connectivity index (χ3n) is 6.07. The number of aryl methyl sites for hydroxylation is 1. The maximum atomic E-state index is 14.7. The molecule has 0 aromatic heterocycles. The third kappa shape index (κ3) is 6.95. The maximum absolute atomic E-state index is 14.7. The Morgan fingerprint density at radius 2 is 1.83 bits per heavy atom. The molecule has 1 N–H and O–H groups in total. The number of carbonyl (C=O) groups excluding carboxylic acids is 2. The van der Waals surface area contributed by atoms with Gasteiger partial charge < -0.3 is 4.90 Å². The Labute approximate surface area is 205 Å². The van der Waals surface area contributed by atoms with Crippen LogP contribution in [-0.4, -0.2) is 50.4 Å². The molecule has 1 aliphatic heterocycles. The summed E-state index contributed by atoms with van der Waals surface area (Å²) in [7, 11) is -3.84. The van der Waals surface area contributed by atoms with Crippen molar-refractivity contribution in [1.29, 1.82) is 0 Å². The van der Waals surface area contributed by atoms with Crippen LogP contribution in [0.2, 0.25) is 0 Å². The topological polar surface area (TPSA) is 83.6 Å². The largest absolute Gasteiger partial charge is 0.342 e. The number of likely N-dealkylation sites (tertiary alicyclic amines) is 1. The van der Waals surface area contributed by atoms with Gasteiger partial charge in [-0.3, -0.25) is 9.59 Å². The Kier molecular flexibility index (Phi) is 8.11. The van der Waals surface area contributed by atoms with Gasteiger partial charge in [-0.25, -0.2) is 21.9 Å². The third-order valence-corrected chi connectivity index (χ3v) is 7.56. The van der Waals surface area contributed by atoms with E-state index in [4.69, 9.17) is 0 Å². The van der Waals surface area contributed by atoms with E-state index in [2.05, 4.69) is 4.72 Å². The number of hydrogen-bond donors (Lipinski definition) is 1. The van der Waals surface area contributed by atoms with Crippen molar-refractivity contribution in [2.75, 3.05) is 25.4 Å². The maximum Gasteiger partial charge on any atom is 0.227 e. The van der Waals surface area contributed by atoms with Gasteiger partial charge in [0, 0.05) is 18.5 Å². The lowest BCUT2D eigenvalue weighted by Crippen LogP contribution is -2.47. The van der Waals surface area contributed by atoms with Crippen molar-refractivity contribution in [3.05, 3.63) is 59.2 Å². The Morgan fingerprint density at radius 1 is 1.11 bits per heavy atom. The zero-order valence-electron chi connectivity index (χ0n) is 20.5. The van der Waals surface area contributed by atoms with Gasteiger partial charge in [-0.1, -0.05) is 32.9 Å². The van der Waals surface area contributed by atoms with E-state index in [0.717, 1.165) is 0 Å². The molecule has 9 heteroatoms. The first-order chi connectivity index (χ1) is 16.3. The highest BCUT2D eigenvalue weighted by atomic mass is 32.2. The lowest BCUT2D eigenvalue weighted by Gasteiger charge is -2.36. The molecule has 1 unspecified atom stereocenters. The summed E-state index contributed by atoms with van der Waals surface area (Å²) < 4.78 is 56.0.